The molecule has 154 valence electrons. The predicted octanol–water partition coefficient (Wildman–Crippen LogP) is 3.40. The molecule has 1 heterocycles. The van der Waals surface area contributed by atoms with Crippen LogP contribution >= 0.6 is 0 Å². The van der Waals surface area contributed by atoms with Gasteiger partial charge in [0.1, 0.15) is 0 Å². The van der Waals surface area contributed by atoms with E-state index in [-0.39, 0.29) is 11.1 Å². The highest BCUT2D eigenvalue weighted by Crippen LogP contribution is 2.35. The molecular weight excluding hydrogens is 405 g/mol. The summed E-state index contributed by atoms with van der Waals surface area (Å²) >= 11 is 0. The van der Waals surface area contributed by atoms with Crippen molar-refractivity contribution in [2.45, 2.75) is 6.18 Å². The molecule has 0 saturated carbocycles. The number of carbonyl (C=O) groups excluding carboxylic acids is 3. The van der Waals surface area contributed by atoms with E-state index in [1.165, 1.54) is 30.6 Å². The molecule has 0 unspecified atom stereocenters. The molecule has 2 aromatic carbocycles. The zero-order chi connectivity index (χ0) is 21.9. The first-order chi connectivity index (χ1) is 14.2. The molecule has 3 rings (SSSR count). The second kappa shape index (κ2) is 8.15. The molecule has 0 aliphatic rings. The number of anilines is 1. The molecule has 11 heteroatoms. The van der Waals surface area contributed by atoms with Crippen LogP contribution in [0.2, 0.25) is 0 Å². The summed E-state index contributed by atoms with van der Waals surface area (Å²) in [4.78, 5) is 43.9. The van der Waals surface area contributed by atoms with Gasteiger partial charge in [0.25, 0.3) is 5.91 Å². The molecular formula is C19H13F3N4O4. The lowest BCUT2D eigenvalue weighted by atomic mass is 10.1. The van der Waals surface area contributed by atoms with E-state index < -0.39 is 35.3 Å². The molecule has 1 aromatic heterocycles. The maximum Gasteiger partial charge on any atom is 0.418 e. The molecule has 0 fully saturated rings. The maximum atomic E-state index is 13.3. The molecule has 0 aliphatic heterocycles. The predicted molar refractivity (Wildman–Crippen MR) is 98.8 cm³/mol. The summed E-state index contributed by atoms with van der Waals surface area (Å²) in [6.45, 7) is 0. The summed E-state index contributed by atoms with van der Waals surface area (Å²) in [7, 11) is 1.03. The normalized spacial score (nSPS) is 11.1. The number of hydrogen-bond donors (Lipinski definition) is 2. The highest BCUT2D eigenvalue weighted by Gasteiger charge is 2.35. The fourth-order valence-electron chi connectivity index (χ4n) is 2.57. The van der Waals surface area contributed by atoms with Crippen LogP contribution in [0.3, 0.4) is 0 Å². The summed E-state index contributed by atoms with van der Waals surface area (Å²) in [6, 6.07) is 5.61. The molecule has 8 nitrogen and oxygen atoms in total. The number of esters is 1. The number of methoxy groups -OCH3 is 1. The third kappa shape index (κ3) is 4.51. The van der Waals surface area contributed by atoms with Crippen LogP contribution in [0.5, 0.6) is 0 Å². The Labute approximate surface area is 167 Å². The summed E-state index contributed by atoms with van der Waals surface area (Å²) in [5.41, 5.74) is -1.25. The standard InChI is InChI=1S/C19H13F3N4O4/c1-30-17(28)11-3-4-13(12(8-11)19(20,21)22)25-18(29)26-16(27)10-2-5-14-15(9-10)24-7-6-23-14/h2-9H,1H3,(H2,25,26,27,29). The van der Waals surface area contributed by atoms with E-state index in [1.54, 1.807) is 0 Å². The second-order valence-electron chi connectivity index (χ2n) is 5.92. The van der Waals surface area contributed by atoms with Crippen LogP contribution in [0.15, 0.2) is 48.8 Å². The highest BCUT2D eigenvalue weighted by atomic mass is 19.4. The number of ether oxygens (including phenoxy) is 1. The Balaban J connectivity index is 1.79. The number of benzene rings is 2. The molecule has 3 aromatic rings. The minimum atomic E-state index is -4.87. The Hall–Kier alpha value is -4.02. The topological polar surface area (TPSA) is 110 Å². The second-order valence-corrected chi connectivity index (χ2v) is 5.92. The van der Waals surface area contributed by atoms with E-state index in [0.29, 0.717) is 17.1 Å². The largest absolute Gasteiger partial charge is 0.465 e. The molecule has 2 N–H and O–H groups in total. The third-order valence-corrected chi connectivity index (χ3v) is 3.95. The van der Waals surface area contributed by atoms with Gasteiger partial charge >= 0.3 is 18.2 Å². The molecule has 0 radical (unpaired) electrons. The van der Waals surface area contributed by atoms with Gasteiger partial charge in [-0.3, -0.25) is 20.1 Å². The van der Waals surface area contributed by atoms with Gasteiger partial charge in [0.05, 0.1) is 35.0 Å². The average Bonchev–Trinajstić information content (AvgIpc) is 2.72. The summed E-state index contributed by atoms with van der Waals surface area (Å²) in [6.07, 6.45) is -1.97. The van der Waals surface area contributed by atoms with Gasteiger partial charge in [-0.1, -0.05) is 0 Å². The lowest BCUT2D eigenvalue weighted by molar-refractivity contribution is -0.136. The molecule has 0 spiro atoms. The molecule has 0 atom stereocenters. The number of rotatable bonds is 3. The Morgan fingerprint density at radius 1 is 0.933 bits per heavy atom. The van der Waals surface area contributed by atoms with Gasteiger partial charge in [-0.05, 0) is 36.4 Å². The van der Waals surface area contributed by atoms with Crippen molar-refractivity contribution in [1.82, 2.24) is 15.3 Å². The number of aromatic nitrogens is 2. The van der Waals surface area contributed by atoms with E-state index in [4.69, 9.17) is 0 Å². The number of fused-ring (bicyclic) bond motifs is 1. The Morgan fingerprint density at radius 3 is 2.27 bits per heavy atom. The van der Waals surface area contributed by atoms with Crippen LogP contribution in [0.25, 0.3) is 11.0 Å². The Bertz CT molecular complexity index is 1150. The molecule has 0 bridgehead atoms. The fourth-order valence-corrected chi connectivity index (χ4v) is 2.57. The molecule has 3 amide bonds. The van der Waals surface area contributed by atoms with Crippen LogP contribution < -0.4 is 10.6 Å². The van der Waals surface area contributed by atoms with E-state index in [2.05, 4.69) is 14.7 Å². The fraction of sp³-hybridized carbons (Fsp3) is 0.105. The number of urea groups is 1. The minimum absolute atomic E-state index is 0.0650. The number of hydrogen-bond acceptors (Lipinski definition) is 6. The summed E-state index contributed by atoms with van der Waals surface area (Å²) in [5, 5.41) is 3.91. The number of alkyl halides is 3. The van der Waals surface area contributed by atoms with Gasteiger partial charge in [0.2, 0.25) is 0 Å². The monoisotopic (exact) mass is 418 g/mol. The smallest absolute Gasteiger partial charge is 0.418 e. The third-order valence-electron chi connectivity index (χ3n) is 3.95. The van der Waals surface area contributed by atoms with Gasteiger partial charge in [0.15, 0.2) is 0 Å². The number of imide groups is 1. The van der Waals surface area contributed by atoms with Crippen molar-refractivity contribution in [3.63, 3.8) is 0 Å². The van der Waals surface area contributed by atoms with Crippen LogP contribution in [0.4, 0.5) is 23.7 Å². The van der Waals surface area contributed by atoms with Gasteiger partial charge < -0.3 is 10.1 Å². The zero-order valence-corrected chi connectivity index (χ0v) is 15.3. The first-order valence-corrected chi connectivity index (χ1v) is 8.31. The lowest BCUT2D eigenvalue weighted by Crippen LogP contribution is -2.35. The van der Waals surface area contributed by atoms with Crippen LogP contribution in [-0.4, -0.2) is 35.0 Å². The first-order valence-electron chi connectivity index (χ1n) is 8.31. The number of nitrogens with zero attached hydrogens (tertiary/aromatic N) is 2. The quantitative estimate of drug-likeness (QED) is 0.631. The van der Waals surface area contributed by atoms with Crippen molar-refractivity contribution in [3.05, 3.63) is 65.5 Å². The Morgan fingerprint density at radius 2 is 1.60 bits per heavy atom. The zero-order valence-electron chi connectivity index (χ0n) is 15.3. The van der Waals surface area contributed by atoms with Crippen molar-refractivity contribution >= 4 is 34.6 Å². The van der Waals surface area contributed by atoms with Gasteiger partial charge in [-0.15, -0.1) is 0 Å². The maximum absolute atomic E-state index is 13.3. The van der Waals surface area contributed by atoms with Crippen molar-refractivity contribution in [2.24, 2.45) is 0 Å². The van der Waals surface area contributed by atoms with E-state index >= 15 is 0 Å². The van der Waals surface area contributed by atoms with E-state index in [9.17, 15) is 27.6 Å². The van der Waals surface area contributed by atoms with Crippen LogP contribution in [0, 0.1) is 0 Å². The van der Waals surface area contributed by atoms with Crippen molar-refractivity contribution in [3.8, 4) is 0 Å². The summed E-state index contributed by atoms with van der Waals surface area (Å²) < 4.78 is 44.4. The van der Waals surface area contributed by atoms with E-state index in [1.807, 2.05) is 10.6 Å². The average molecular weight is 418 g/mol. The Kier molecular flexibility index (Phi) is 5.63. The van der Waals surface area contributed by atoms with Crippen molar-refractivity contribution < 1.29 is 32.3 Å². The van der Waals surface area contributed by atoms with Gasteiger partial charge in [0, 0.05) is 18.0 Å². The lowest BCUT2D eigenvalue weighted by Gasteiger charge is -2.15. The summed E-state index contributed by atoms with van der Waals surface area (Å²) in [5.74, 6) is -1.81. The van der Waals surface area contributed by atoms with Gasteiger partial charge in [-0.2, -0.15) is 13.2 Å². The van der Waals surface area contributed by atoms with Crippen molar-refractivity contribution in [2.75, 3.05) is 12.4 Å². The number of halogens is 3. The highest BCUT2D eigenvalue weighted by molar-refractivity contribution is 6.09. The number of amides is 3. The van der Waals surface area contributed by atoms with Crippen LogP contribution in [0.1, 0.15) is 26.3 Å². The minimum Gasteiger partial charge on any atom is -0.465 e. The van der Waals surface area contributed by atoms with Crippen LogP contribution in [-0.2, 0) is 10.9 Å². The SMILES string of the molecule is COC(=O)c1ccc(NC(=O)NC(=O)c2ccc3nccnc3c2)c(C(F)(F)F)c1. The van der Waals surface area contributed by atoms with E-state index in [0.717, 1.165) is 19.2 Å². The van der Waals surface area contributed by atoms with Gasteiger partial charge in [-0.25, -0.2) is 9.59 Å². The van der Waals surface area contributed by atoms with Crippen molar-refractivity contribution in [1.29, 1.82) is 0 Å². The molecule has 0 aliphatic carbocycles. The number of carbonyl (C=O) groups is 3. The molecule has 0 saturated heterocycles. The number of nitrogens with one attached hydrogen (secondary N) is 2. The molecule has 30 heavy (non-hydrogen) atoms. The first kappa shape index (κ1) is 20.7.